The number of imide groups is 1. The molecule has 2 N–H and O–H groups in total. The van der Waals surface area contributed by atoms with Crippen LogP contribution in [-0.2, 0) is 9.59 Å². The van der Waals surface area contributed by atoms with Crippen LogP contribution in [0, 0.1) is 11.6 Å². The maximum Gasteiger partial charge on any atom is 0.281 e. The Morgan fingerprint density at radius 1 is 1.04 bits per heavy atom. The number of carbonyl (C=O) groups is 2. The number of phenols is 1. The predicted molar refractivity (Wildman–Crippen MR) is 92.8 cm³/mol. The van der Waals surface area contributed by atoms with Crippen molar-refractivity contribution in [3.63, 3.8) is 0 Å². The highest BCUT2D eigenvalue weighted by molar-refractivity contribution is 6.31. The first-order chi connectivity index (χ1) is 12.3. The van der Waals surface area contributed by atoms with Gasteiger partial charge in [0, 0.05) is 23.9 Å². The molecular formula is C19H16F2N2O3. The third-order valence-electron chi connectivity index (χ3n) is 4.04. The number of hydrogen-bond donors (Lipinski definition) is 2. The van der Waals surface area contributed by atoms with Crippen LogP contribution < -0.4 is 10.2 Å². The molecule has 1 aliphatic rings. The van der Waals surface area contributed by atoms with E-state index in [1.165, 1.54) is 0 Å². The van der Waals surface area contributed by atoms with Crippen LogP contribution in [0.1, 0.15) is 25.3 Å². The van der Waals surface area contributed by atoms with E-state index < -0.39 is 29.2 Å². The molecule has 2 aromatic rings. The summed E-state index contributed by atoms with van der Waals surface area (Å²) in [4.78, 5) is 25.7. The Hall–Kier alpha value is -3.22. The first kappa shape index (κ1) is 17.6. The van der Waals surface area contributed by atoms with Crippen molar-refractivity contribution in [2.24, 2.45) is 0 Å². The van der Waals surface area contributed by atoms with E-state index in [2.05, 4.69) is 5.32 Å². The van der Waals surface area contributed by atoms with Crippen molar-refractivity contribution in [3.8, 4) is 5.75 Å². The van der Waals surface area contributed by atoms with E-state index in [9.17, 15) is 18.4 Å². The van der Waals surface area contributed by atoms with Gasteiger partial charge in [-0.25, -0.2) is 13.7 Å². The molecule has 5 nitrogen and oxygen atoms in total. The summed E-state index contributed by atoms with van der Waals surface area (Å²) in [5.41, 5.74) is 1.25. The fourth-order valence-corrected chi connectivity index (χ4v) is 2.61. The number of rotatable bonds is 4. The number of hydrogen-bond acceptors (Lipinski definition) is 4. The monoisotopic (exact) mass is 358 g/mol. The van der Waals surface area contributed by atoms with E-state index in [0.29, 0.717) is 11.6 Å². The molecule has 2 aromatic carbocycles. The Kier molecular flexibility index (Phi) is 4.46. The number of anilines is 2. The van der Waals surface area contributed by atoms with Gasteiger partial charge < -0.3 is 10.4 Å². The molecule has 134 valence electrons. The molecule has 1 heterocycles. The van der Waals surface area contributed by atoms with Crippen molar-refractivity contribution in [2.45, 2.75) is 19.8 Å². The second kappa shape index (κ2) is 6.59. The van der Waals surface area contributed by atoms with Gasteiger partial charge in [0.05, 0.1) is 5.69 Å². The number of carbonyl (C=O) groups excluding carboxylic acids is 2. The maximum absolute atomic E-state index is 13.4. The molecule has 0 radical (unpaired) electrons. The maximum atomic E-state index is 13.4. The van der Waals surface area contributed by atoms with E-state index in [4.69, 9.17) is 5.11 Å². The Morgan fingerprint density at radius 2 is 1.62 bits per heavy atom. The van der Waals surface area contributed by atoms with E-state index >= 15 is 0 Å². The number of aromatic hydroxyl groups is 1. The number of nitrogens with zero attached hydrogens (tertiary/aromatic N) is 1. The third-order valence-corrected chi connectivity index (χ3v) is 4.04. The summed E-state index contributed by atoms with van der Waals surface area (Å²) in [5.74, 6) is -4.35. The second-order valence-electron chi connectivity index (χ2n) is 6.20. The molecule has 0 bridgehead atoms. The fourth-order valence-electron chi connectivity index (χ4n) is 2.61. The Balaban J connectivity index is 1.83. The van der Waals surface area contributed by atoms with Crippen molar-refractivity contribution in [2.75, 3.05) is 10.2 Å². The summed E-state index contributed by atoms with van der Waals surface area (Å²) < 4.78 is 26.8. The molecule has 0 aromatic heterocycles. The van der Waals surface area contributed by atoms with Crippen molar-refractivity contribution in [1.29, 1.82) is 0 Å². The Labute approximate surface area is 148 Å². The van der Waals surface area contributed by atoms with Gasteiger partial charge in [0.25, 0.3) is 11.8 Å². The number of phenolic OH excluding ortho intramolecular Hbond substituents is 1. The molecule has 0 aliphatic carbocycles. The summed E-state index contributed by atoms with van der Waals surface area (Å²) in [6, 6.07) is 8.66. The predicted octanol–water partition coefficient (Wildman–Crippen LogP) is 3.66. The zero-order valence-corrected chi connectivity index (χ0v) is 14.1. The summed E-state index contributed by atoms with van der Waals surface area (Å²) >= 11 is 0. The van der Waals surface area contributed by atoms with E-state index in [0.717, 1.165) is 28.7 Å². The van der Waals surface area contributed by atoms with Crippen LogP contribution in [0.25, 0.3) is 0 Å². The number of amides is 2. The van der Waals surface area contributed by atoms with E-state index in [-0.39, 0.29) is 11.4 Å². The van der Waals surface area contributed by atoms with Gasteiger partial charge in [-0.3, -0.25) is 9.59 Å². The van der Waals surface area contributed by atoms with Gasteiger partial charge in [0.15, 0.2) is 17.4 Å². The molecule has 0 saturated carbocycles. The van der Waals surface area contributed by atoms with Crippen LogP contribution in [0.15, 0.2) is 48.2 Å². The van der Waals surface area contributed by atoms with E-state index in [1.807, 2.05) is 26.0 Å². The topological polar surface area (TPSA) is 69.6 Å². The molecule has 26 heavy (non-hydrogen) atoms. The minimum atomic E-state index is -1.17. The quantitative estimate of drug-likeness (QED) is 0.646. The minimum Gasteiger partial charge on any atom is -0.503 e. The average Bonchev–Trinajstić information content (AvgIpc) is 2.86. The SMILES string of the molecule is CC(C)c1ccc(N2C(=O)C=C(Nc3cc(F)c(O)c(F)c3)C2=O)cc1. The molecule has 0 saturated heterocycles. The number of halogens is 2. The zero-order chi connectivity index (χ0) is 19.0. The van der Waals surface area contributed by atoms with Gasteiger partial charge in [0.1, 0.15) is 5.70 Å². The van der Waals surface area contributed by atoms with Crippen molar-refractivity contribution >= 4 is 23.2 Å². The van der Waals surface area contributed by atoms with Crippen molar-refractivity contribution < 1.29 is 23.5 Å². The van der Waals surface area contributed by atoms with Crippen LogP contribution in [0.5, 0.6) is 5.75 Å². The molecule has 1 aliphatic heterocycles. The molecule has 2 amide bonds. The summed E-state index contributed by atoms with van der Waals surface area (Å²) in [6.07, 6.45) is 1.06. The number of benzene rings is 2. The van der Waals surface area contributed by atoms with Gasteiger partial charge in [-0.2, -0.15) is 0 Å². The molecule has 0 atom stereocenters. The minimum absolute atomic E-state index is 0.0952. The lowest BCUT2D eigenvalue weighted by atomic mass is 10.0. The molecule has 7 heteroatoms. The largest absolute Gasteiger partial charge is 0.503 e. The zero-order valence-electron chi connectivity index (χ0n) is 14.1. The first-order valence-electron chi connectivity index (χ1n) is 7.93. The third kappa shape index (κ3) is 3.15. The van der Waals surface area contributed by atoms with Crippen LogP contribution in [0.4, 0.5) is 20.2 Å². The van der Waals surface area contributed by atoms with Gasteiger partial charge in [0.2, 0.25) is 0 Å². The lowest BCUT2D eigenvalue weighted by molar-refractivity contribution is -0.120. The normalized spacial score (nSPS) is 14.2. The van der Waals surface area contributed by atoms with Gasteiger partial charge >= 0.3 is 0 Å². The van der Waals surface area contributed by atoms with Gasteiger partial charge in [-0.15, -0.1) is 0 Å². The highest BCUT2D eigenvalue weighted by Gasteiger charge is 2.32. The summed E-state index contributed by atoms with van der Waals surface area (Å²) in [7, 11) is 0. The summed E-state index contributed by atoms with van der Waals surface area (Å²) in [6.45, 7) is 4.06. The number of nitrogens with one attached hydrogen (secondary N) is 1. The van der Waals surface area contributed by atoms with Gasteiger partial charge in [-0.1, -0.05) is 26.0 Å². The molecule has 0 unspecified atom stereocenters. The second-order valence-corrected chi connectivity index (χ2v) is 6.20. The van der Waals surface area contributed by atoms with E-state index in [1.54, 1.807) is 12.1 Å². The van der Waals surface area contributed by atoms with Crippen LogP contribution in [0.2, 0.25) is 0 Å². The van der Waals surface area contributed by atoms with Crippen molar-refractivity contribution in [3.05, 3.63) is 65.4 Å². The van der Waals surface area contributed by atoms with Crippen LogP contribution in [0.3, 0.4) is 0 Å². The molecule has 0 spiro atoms. The smallest absolute Gasteiger partial charge is 0.281 e. The average molecular weight is 358 g/mol. The highest BCUT2D eigenvalue weighted by atomic mass is 19.1. The molecular weight excluding hydrogens is 342 g/mol. The van der Waals surface area contributed by atoms with Gasteiger partial charge in [-0.05, 0) is 23.6 Å². The summed E-state index contributed by atoms with van der Waals surface area (Å²) in [5, 5.41) is 11.6. The Morgan fingerprint density at radius 3 is 2.15 bits per heavy atom. The van der Waals surface area contributed by atoms with Crippen LogP contribution >= 0.6 is 0 Å². The fraction of sp³-hybridized carbons (Fsp3) is 0.158. The highest BCUT2D eigenvalue weighted by Crippen LogP contribution is 2.28. The van der Waals surface area contributed by atoms with Crippen LogP contribution in [-0.4, -0.2) is 16.9 Å². The molecule has 0 fully saturated rings. The van der Waals surface area contributed by atoms with Crippen molar-refractivity contribution in [1.82, 2.24) is 0 Å². The lowest BCUT2D eigenvalue weighted by Gasteiger charge is -2.16. The molecule has 3 rings (SSSR count). The first-order valence-corrected chi connectivity index (χ1v) is 7.93. The standard InChI is InChI=1S/C19H16F2N2O3/c1-10(2)11-3-5-13(6-4-11)23-17(24)9-16(19(23)26)22-12-7-14(20)18(25)15(21)8-12/h3-10,22,25H,1-2H3. The lowest BCUT2D eigenvalue weighted by Crippen LogP contribution is -2.31. The Bertz CT molecular complexity index is 898.